The highest BCUT2D eigenvalue weighted by Crippen LogP contribution is 2.06. The van der Waals surface area contributed by atoms with Gasteiger partial charge >= 0.3 is 5.97 Å². The van der Waals surface area contributed by atoms with Gasteiger partial charge in [-0.25, -0.2) is 0 Å². The molecule has 0 aliphatic carbocycles. The molecule has 0 N–H and O–H groups in total. The molecule has 0 fully saturated rings. The molecule has 3 heteroatoms. The highest BCUT2D eigenvalue weighted by atomic mass is 16.5. The standard InChI is InChI=1S/C17H32O3/c1-3-5-6-13-16-20-17(18)14-11-9-7-8-10-12-15-19-4-2/h10,12H,3-9,11,13-16H2,1-2H3/b12-10+. The van der Waals surface area contributed by atoms with Crippen LogP contribution in [0.4, 0.5) is 0 Å². The third-order valence-electron chi connectivity index (χ3n) is 3.10. The van der Waals surface area contributed by atoms with Crippen molar-refractivity contribution in [1.82, 2.24) is 0 Å². The maximum Gasteiger partial charge on any atom is 0.305 e. The van der Waals surface area contributed by atoms with Gasteiger partial charge in [0.05, 0.1) is 13.2 Å². The Morgan fingerprint density at radius 3 is 2.50 bits per heavy atom. The first-order valence-electron chi connectivity index (χ1n) is 8.19. The van der Waals surface area contributed by atoms with E-state index >= 15 is 0 Å². The molecule has 0 atom stereocenters. The lowest BCUT2D eigenvalue weighted by molar-refractivity contribution is -0.143. The molecule has 0 aliphatic rings. The van der Waals surface area contributed by atoms with Crippen LogP contribution < -0.4 is 0 Å². The minimum atomic E-state index is -0.0339. The number of carbonyl (C=O) groups is 1. The molecule has 0 aliphatic heterocycles. The Labute approximate surface area is 124 Å². The van der Waals surface area contributed by atoms with Crippen LogP contribution in [0.3, 0.4) is 0 Å². The first-order valence-corrected chi connectivity index (χ1v) is 8.19. The largest absolute Gasteiger partial charge is 0.466 e. The molecular weight excluding hydrogens is 252 g/mol. The number of ether oxygens (including phenoxy) is 2. The highest BCUT2D eigenvalue weighted by Gasteiger charge is 2.01. The molecule has 0 aromatic rings. The van der Waals surface area contributed by atoms with Crippen molar-refractivity contribution in [2.24, 2.45) is 0 Å². The maximum atomic E-state index is 11.4. The summed E-state index contributed by atoms with van der Waals surface area (Å²) in [5.41, 5.74) is 0. The van der Waals surface area contributed by atoms with Crippen LogP contribution in [0.5, 0.6) is 0 Å². The zero-order chi connectivity index (χ0) is 14.9. The number of rotatable bonds is 14. The summed E-state index contributed by atoms with van der Waals surface area (Å²) in [5.74, 6) is -0.0339. The van der Waals surface area contributed by atoms with E-state index in [2.05, 4.69) is 19.1 Å². The molecule has 0 saturated carbocycles. The average Bonchev–Trinajstić information content (AvgIpc) is 2.45. The van der Waals surface area contributed by atoms with E-state index in [4.69, 9.17) is 9.47 Å². The lowest BCUT2D eigenvalue weighted by Gasteiger charge is -2.04. The maximum absolute atomic E-state index is 11.4. The van der Waals surface area contributed by atoms with E-state index in [0.717, 1.165) is 45.1 Å². The number of allylic oxidation sites excluding steroid dienone is 1. The van der Waals surface area contributed by atoms with Crippen LogP contribution in [0, 0.1) is 0 Å². The molecule has 0 saturated heterocycles. The van der Waals surface area contributed by atoms with Crippen LogP contribution in [0.25, 0.3) is 0 Å². The van der Waals surface area contributed by atoms with Gasteiger partial charge in [0.15, 0.2) is 0 Å². The van der Waals surface area contributed by atoms with Gasteiger partial charge < -0.3 is 9.47 Å². The third-order valence-corrected chi connectivity index (χ3v) is 3.10. The zero-order valence-electron chi connectivity index (χ0n) is 13.4. The van der Waals surface area contributed by atoms with Gasteiger partial charge in [-0.2, -0.15) is 0 Å². The second-order valence-corrected chi connectivity index (χ2v) is 5.01. The lowest BCUT2D eigenvalue weighted by Crippen LogP contribution is -2.05. The summed E-state index contributed by atoms with van der Waals surface area (Å²) < 4.78 is 10.4. The summed E-state index contributed by atoms with van der Waals surface area (Å²) >= 11 is 0. The van der Waals surface area contributed by atoms with Crippen LogP contribution >= 0.6 is 0 Å². The summed E-state index contributed by atoms with van der Waals surface area (Å²) in [7, 11) is 0. The Morgan fingerprint density at radius 2 is 1.75 bits per heavy atom. The van der Waals surface area contributed by atoms with Crippen LogP contribution in [0.2, 0.25) is 0 Å². The van der Waals surface area contributed by atoms with Gasteiger partial charge in [-0.1, -0.05) is 44.8 Å². The van der Waals surface area contributed by atoms with Gasteiger partial charge in [0.25, 0.3) is 0 Å². The Balaban J connectivity index is 3.21. The SMILES string of the molecule is CCCCCCOC(=O)CCCCC/C=C/COCC. The Bertz CT molecular complexity index is 236. The molecule has 0 unspecified atom stereocenters. The zero-order valence-corrected chi connectivity index (χ0v) is 13.4. The molecule has 0 aromatic heterocycles. The van der Waals surface area contributed by atoms with Gasteiger partial charge in [0.1, 0.15) is 0 Å². The van der Waals surface area contributed by atoms with Crippen molar-refractivity contribution in [3.05, 3.63) is 12.2 Å². The summed E-state index contributed by atoms with van der Waals surface area (Å²) in [6, 6.07) is 0. The van der Waals surface area contributed by atoms with Crippen molar-refractivity contribution in [2.75, 3.05) is 19.8 Å². The van der Waals surface area contributed by atoms with Gasteiger partial charge in [-0.15, -0.1) is 0 Å². The number of unbranched alkanes of at least 4 members (excludes halogenated alkanes) is 6. The minimum absolute atomic E-state index is 0.0339. The molecular formula is C17H32O3. The third kappa shape index (κ3) is 15.2. The smallest absolute Gasteiger partial charge is 0.305 e. The van der Waals surface area contributed by atoms with Crippen molar-refractivity contribution in [3.8, 4) is 0 Å². The molecule has 3 nitrogen and oxygen atoms in total. The topological polar surface area (TPSA) is 35.5 Å². The lowest BCUT2D eigenvalue weighted by atomic mass is 10.1. The van der Waals surface area contributed by atoms with Crippen molar-refractivity contribution in [2.45, 2.75) is 71.6 Å². The molecule has 118 valence electrons. The fourth-order valence-corrected chi connectivity index (χ4v) is 1.87. The van der Waals surface area contributed by atoms with Crippen molar-refractivity contribution in [1.29, 1.82) is 0 Å². The van der Waals surface area contributed by atoms with E-state index in [-0.39, 0.29) is 5.97 Å². The van der Waals surface area contributed by atoms with E-state index in [1.807, 2.05) is 6.92 Å². The predicted octanol–water partition coefficient (Wildman–Crippen LogP) is 4.65. The molecule has 0 aromatic carbocycles. The molecule has 0 bridgehead atoms. The first kappa shape index (κ1) is 19.2. The van der Waals surface area contributed by atoms with Crippen LogP contribution in [0.1, 0.15) is 71.6 Å². The minimum Gasteiger partial charge on any atom is -0.466 e. The van der Waals surface area contributed by atoms with E-state index in [1.165, 1.54) is 12.8 Å². The van der Waals surface area contributed by atoms with E-state index in [0.29, 0.717) is 19.6 Å². The fraction of sp³-hybridized carbons (Fsp3) is 0.824. The van der Waals surface area contributed by atoms with Crippen LogP contribution in [0.15, 0.2) is 12.2 Å². The normalized spacial score (nSPS) is 11.1. The number of carbonyl (C=O) groups excluding carboxylic acids is 1. The van der Waals surface area contributed by atoms with Gasteiger partial charge in [0.2, 0.25) is 0 Å². The van der Waals surface area contributed by atoms with Crippen molar-refractivity contribution >= 4 is 5.97 Å². The molecule has 0 spiro atoms. The highest BCUT2D eigenvalue weighted by molar-refractivity contribution is 5.69. The van der Waals surface area contributed by atoms with Crippen LogP contribution in [-0.4, -0.2) is 25.8 Å². The Morgan fingerprint density at radius 1 is 0.950 bits per heavy atom. The second-order valence-electron chi connectivity index (χ2n) is 5.01. The van der Waals surface area contributed by atoms with Gasteiger partial charge in [-0.3, -0.25) is 4.79 Å². The predicted molar refractivity (Wildman–Crippen MR) is 83.8 cm³/mol. The summed E-state index contributed by atoms with van der Waals surface area (Å²) in [6.07, 6.45) is 13.6. The quantitative estimate of drug-likeness (QED) is 0.264. The van der Waals surface area contributed by atoms with E-state index < -0.39 is 0 Å². The monoisotopic (exact) mass is 284 g/mol. The van der Waals surface area contributed by atoms with Crippen molar-refractivity contribution < 1.29 is 14.3 Å². The molecule has 0 rings (SSSR count). The molecule has 0 heterocycles. The van der Waals surface area contributed by atoms with E-state index in [9.17, 15) is 4.79 Å². The van der Waals surface area contributed by atoms with Gasteiger partial charge in [-0.05, 0) is 32.6 Å². The summed E-state index contributed by atoms with van der Waals surface area (Å²) in [4.78, 5) is 11.4. The second kappa shape index (κ2) is 16.2. The number of hydrogen-bond acceptors (Lipinski definition) is 3. The summed E-state index contributed by atoms with van der Waals surface area (Å²) in [6.45, 7) is 6.25. The number of hydrogen-bond donors (Lipinski definition) is 0. The van der Waals surface area contributed by atoms with E-state index in [1.54, 1.807) is 0 Å². The first-order chi connectivity index (χ1) is 9.81. The fourth-order valence-electron chi connectivity index (χ4n) is 1.87. The molecule has 0 radical (unpaired) electrons. The Kier molecular flexibility index (Phi) is 15.6. The Hall–Kier alpha value is -0.830. The summed E-state index contributed by atoms with van der Waals surface area (Å²) in [5, 5.41) is 0. The van der Waals surface area contributed by atoms with Gasteiger partial charge in [0, 0.05) is 13.0 Å². The average molecular weight is 284 g/mol. The number of esters is 1. The van der Waals surface area contributed by atoms with Crippen molar-refractivity contribution in [3.63, 3.8) is 0 Å². The van der Waals surface area contributed by atoms with Crippen LogP contribution in [-0.2, 0) is 14.3 Å². The molecule has 0 amide bonds. The molecule has 20 heavy (non-hydrogen) atoms.